The van der Waals surface area contributed by atoms with Gasteiger partial charge in [0.2, 0.25) is 0 Å². The lowest BCUT2D eigenvalue weighted by molar-refractivity contribution is -0.161. The maximum atomic E-state index is 13.1. The van der Waals surface area contributed by atoms with E-state index in [-0.39, 0.29) is 25.7 Å². The number of aliphatic hydroxyl groups is 1. The standard InChI is InChI=1S/C83H138O17P2/c1-5-9-13-17-21-25-29-32-35-37-38-40-42-45-49-52-56-60-64-68-81(86)94-74-79(100-83(88)70-66-62-58-54-50-46-43-39-36-33-30-26-22-18-14-10-6-2)76-98-102(91,92)96-72-77(84)71-95-101(89,90)97-75-78(99-82(87)69-65-61-57-53-47-28-24-20-16-12-8-4)73-93-80(85)67-63-59-55-51-48-44-41-34-31-27-23-19-15-11-7-3/h10-11,14-15,21-23,25-27,32-36,38,40-41,43,46,48,51,59,63,77-79,84H,5-9,12-13,16-20,24,28-31,37,39,42,44-45,47,49-50,52-58,60-62,64-76H2,1-4H3,(H,89,90)(H,91,92)/b14-10-,15-11-,25-21-,26-22-,27-23-,35-32-,36-33-,40-38-,41-34-,46-43-,51-48-,63-59-. The summed E-state index contributed by atoms with van der Waals surface area (Å²) >= 11 is 0. The molecule has 3 N–H and O–H groups in total. The number of carbonyl (C=O) groups is 4. The first-order valence-corrected chi connectivity index (χ1v) is 42.1. The Morgan fingerprint density at radius 3 is 0.892 bits per heavy atom. The van der Waals surface area contributed by atoms with E-state index >= 15 is 0 Å². The zero-order chi connectivity index (χ0) is 74.6. The van der Waals surface area contributed by atoms with Crippen molar-refractivity contribution in [3.8, 4) is 0 Å². The van der Waals surface area contributed by atoms with Crippen molar-refractivity contribution in [2.45, 2.75) is 316 Å². The van der Waals surface area contributed by atoms with Gasteiger partial charge < -0.3 is 33.8 Å². The van der Waals surface area contributed by atoms with Gasteiger partial charge in [-0.15, -0.1) is 0 Å². The van der Waals surface area contributed by atoms with Gasteiger partial charge in [-0.3, -0.25) is 37.3 Å². The molecule has 0 aromatic heterocycles. The lowest BCUT2D eigenvalue weighted by atomic mass is 10.1. The van der Waals surface area contributed by atoms with Gasteiger partial charge in [0.25, 0.3) is 0 Å². The molecule has 0 amide bonds. The second kappa shape index (κ2) is 74.2. The Balaban J connectivity index is 5.43. The molecule has 0 bridgehead atoms. The van der Waals surface area contributed by atoms with Crippen molar-refractivity contribution in [1.29, 1.82) is 0 Å². The van der Waals surface area contributed by atoms with Crippen molar-refractivity contribution in [1.82, 2.24) is 0 Å². The maximum absolute atomic E-state index is 13.1. The predicted octanol–water partition coefficient (Wildman–Crippen LogP) is 22.7. The van der Waals surface area contributed by atoms with E-state index < -0.39 is 97.5 Å². The lowest BCUT2D eigenvalue weighted by Crippen LogP contribution is -2.30. The van der Waals surface area contributed by atoms with Gasteiger partial charge in [0.05, 0.1) is 32.8 Å². The minimum atomic E-state index is -5.00. The van der Waals surface area contributed by atoms with Gasteiger partial charge in [0.15, 0.2) is 12.2 Å². The van der Waals surface area contributed by atoms with Crippen LogP contribution in [0.3, 0.4) is 0 Å². The van der Waals surface area contributed by atoms with Crippen molar-refractivity contribution in [2.75, 3.05) is 39.6 Å². The van der Waals surface area contributed by atoms with Gasteiger partial charge in [0.1, 0.15) is 19.3 Å². The van der Waals surface area contributed by atoms with Crippen molar-refractivity contribution in [3.63, 3.8) is 0 Å². The molecule has 0 aliphatic carbocycles. The topological polar surface area (TPSA) is 237 Å². The number of esters is 4. The van der Waals surface area contributed by atoms with Gasteiger partial charge in [-0.05, 0) is 128 Å². The molecule has 17 nitrogen and oxygen atoms in total. The lowest BCUT2D eigenvalue weighted by Gasteiger charge is -2.21. The van der Waals surface area contributed by atoms with Gasteiger partial charge in [-0.1, -0.05) is 289 Å². The Morgan fingerprint density at radius 2 is 0.549 bits per heavy atom. The Hall–Kier alpha value is -5.06. The Bertz CT molecular complexity index is 2510. The summed E-state index contributed by atoms with van der Waals surface area (Å²) in [5, 5.41) is 10.6. The molecule has 582 valence electrons. The summed E-state index contributed by atoms with van der Waals surface area (Å²) in [6.45, 7) is 4.45. The summed E-state index contributed by atoms with van der Waals surface area (Å²) in [5.74, 6) is -2.37. The first kappa shape index (κ1) is 96.9. The molecule has 0 aliphatic rings. The number of carbonyl (C=O) groups excluding carboxylic acids is 4. The van der Waals surface area contributed by atoms with Crippen LogP contribution in [0.4, 0.5) is 0 Å². The minimum absolute atomic E-state index is 0.0580. The van der Waals surface area contributed by atoms with E-state index in [2.05, 4.69) is 149 Å². The molecule has 0 aliphatic heterocycles. The highest BCUT2D eigenvalue weighted by atomic mass is 31.2. The molecule has 0 saturated heterocycles. The second-order valence-electron chi connectivity index (χ2n) is 25.6. The van der Waals surface area contributed by atoms with Crippen molar-refractivity contribution in [2.24, 2.45) is 0 Å². The number of aliphatic hydroxyl groups excluding tert-OH is 1. The molecular formula is C83H138O17P2. The molecule has 0 saturated carbocycles. The molecule has 0 aromatic carbocycles. The third kappa shape index (κ3) is 73.3. The van der Waals surface area contributed by atoms with E-state index in [0.717, 1.165) is 161 Å². The number of phosphoric acid groups is 2. The fourth-order valence-corrected chi connectivity index (χ4v) is 11.5. The van der Waals surface area contributed by atoms with Crippen LogP contribution in [-0.2, 0) is 65.4 Å². The number of ether oxygens (including phenoxy) is 4. The summed E-state index contributed by atoms with van der Waals surface area (Å²) in [6, 6.07) is 0. The smallest absolute Gasteiger partial charge is 0.462 e. The SMILES string of the molecule is CC/C=C\C/C=C\C/C=C\C/C=C\C/C=C\CC(=O)OCC(COP(=O)(O)OCC(O)COP(=O)(O)OCC(COC(=O)CCCCCCCC/C=C\C/C=C\C/C=C\CCCCC)OC(=O)CCCCCC/C=C\C/C=C\C/C=C\C/C=C\CC)OC(=O)CCCCCCCCCCCCC. The van der Waals surface area contributed by atoms with E-state index in [1.54, 1.807) is 6.08 Å². The molecule has 5 atom stereocenters. The average molecular weight is 1470 g/mol. The summed E-state index contributed by atoms with van der Waals surface area (Å²) in [7, 11) is -9.99. The minimum Gasteiger partial charge on any atom is -0.462 e. The van der Waals surface area contributed by atoms with Crippen LogP contribution in [0, 0.1) is 0 Å². The quantitative estimate of drug-likeness (QED) is 0.0169. The normalized spacial score (nSPS) is 14.7. The number of unbranched alkanes of at least 4 members (excludes halogenated alkanes) is 23. The van der Waals surface area contributed by atoms with Gasteiger partial charge >= 0.3 is 39.5 Å². The molecule has 19 heteroatoms. The summed E-state index contributed by atoms with van der Waals surface area (Å²) in [6.07, 6.45) is 84.4. The fraction of sp³-hybridized carbons (Fsp3) is 0.663. The molecule has 0 fully saturated rings. The van der Waals surface area contributed by atoms with Gasteiger partial charge in [-0.2, -0.15) is 0 Å². The van der Waals surface area contributed by atoms with Crippen LogP contribution < -0.4 is 0 Å². The summed E-state index contributed by atoms with van der Waals surface area (Å²) in [5.41, 5.74) is 0. The Labute approximate surface area is 617 Å². The van der Waals surface area contributed by atoms with E-state index in [9.17, 15) is 43.2 Å². The van der Waals surface area contributed by atoms with Crippen LogP contribution in [0.5, 0.6) is 0 Å². The third-order valence-corrected chi connectivity index (χ3v) is 17.7. The number of allylic oxidation sites excluding steroid dienone is 23. The number of hydrogen-bond acceptors (Lipinski definition) is 15. The zero-order valence-electron chi connectivity index (χ0n) is 63.5. The van der Waals surface area contributed by atoms with E-state index in [0.29, 0.717) is 25.7 Å². The average Bonchev–Trinajstić information content (AvgIpc) is 0.934. The van der Waals surface area contributed by atoms with Gasteiger partial charge in [-0.25, -0.2) is 9.13 Å². The summed E-state index contributed by atoms with van der Waals surface area (Å²) in [4.78, 5) is 72.8. The first-order chi connectivity index (χ1) is 49.7. The van der Waals surface area contributed by atoms with Crippen LogP contribution in [-0.4, -0.2) is 96.7 Å². The molecule has 102 heavy (non-hydrogen) atoms. The highest BCUT2D eigenvalue weighted by Crippen LogP contribution is 2.45. The molecule has 0 spiro atoms. The number of phosphoric ester groups is 2. The Morgan fingerprint density at radius 1 is 0.294 bits per heavy atom. The monoisotopic (exact) mass is 1470 g/mol. The Kier molecular flexibility index (Phi) is 70.5. The van der Waals surface area contributed by atoms with Crippen LogP contribution in [0.25, 0.3) is 0 Å². The summed E-state index contributed by atoms with van der Waals surface area (Å²) < 4.78 is 68.4. The predicted molar refractivity (Wildman–Crippen MR) is 417 cm³/mol. The molecule has 5 unspecified atom stereocenters. The molecule has 0 aromatic rings. The highest BCUT2D eigenvalue weighted by Gasteiger charge is 2.30. The third-order valence-electron chi connectivity index (χ3n) is 15.8. The maximum Gasteiger partial charge on any atom is 0.472 e. The number of rotatable bonds is 72. The molecule has 0 heterocycles. The van der Waals surface area contributed by atoms with E-state index in [1.807, 2.05) is 18.2 Å². The molecule has 0 radical (unpaired) electrons. The molecule has 0 rings (SSSR count). The highest BCUT2D eigenvalue weighted by molar-refractivity contribution is 7.47. The molecular weight excluding hydrogens is 1330 g/mol. The van der Waals surface area contributed by atoms with Crippen LogP contribution in [0.15, 0.2) is 146 Å². The largest absolute Gasteiger partial charge is 0.472 e. The first-order valence-electron chi connectivity index (χ1n) is 39.1. The van der Waals surface area contributed by atoms with Crippen LogP contribution in [0.1, 0.15) is 297 Å². The van der Waals surface area contributed by atoms with Crippen molar-refractivity contribution < 1.29 is 80.2 Å². The van der Waals surface area contributed by atoms with E-state index in [4.69, 9.17) is 37.0 Å². The second-order valence-corrected chi connectivity index (χ2v) is 28.5. The van der Waals surface area contributed by atoms with Crippen molar-refractivity contribution in [3.05, 3.63) is 146 Å². The number of hydrogen-bond donors (Lipinski definition) is 3. The van der Waals surface area contributed by atoms with Crippen LogP contribution in [0.2, 0.25) is 0 Å². The van der Waals surface area contributed by atoms with Crippen LogP contribution >= 0.6 is 15.6 Å². The van der Waals surface area contributed by atoms with Crippen molar-refractivity contribution >= 4 is 39.5 Å². The van der Waals surface area contributed by atoms with Gasteiger partial charge in [0, 0.05) is 19.3 Å². The fourth-order valence-electron chi connectivity index (χ4n) is 9.94. The van der Waals surface area contributed by atoms with E-state index in [1.165, 1.54) is 57.8 Å². The zero-order valence-corrected chi connectivity index (χ0v) is 65.3.